The molecule has 13 heavy (non-hydrogen) atoms. The Morgan fingerprint density at radius 2 is 1.92 bits per heavy atom. The van der Waals surface area contributed by atoms with Gasteiger partial charge in [0.25, 0.3) is 5.92 Å². The molecule has 2 aliphatic carbocycles. The minimum Gasteiger partial charge on any atom is -0.299 e. The van der Waals surface area contributed by atoms with Crippen LogP contribution in [0.3, 0.4) is 0 Å². The Balaban J connectivity index is 2.24. The SMILES string of the molecule is CC1C(=O)C2CCC(C)C(F)(F)C12. The van der Waals surface area contributed by atoms with Gasteiger partial charge in [-0.2, -0.15) is 0 Å². The summed E-state index contributed by atoms with van der Waals surface area (Å²) in [6, 6.07) is 0. The van der Waals surface area contributed by atoms with Crippen molar-refractivity contribution >= 4 is 5.78 Å². The number of hydrogen-bond donors (Lipinski definition) is 0. The van der Waals surface area contributed by atoms with Crippen LogP contribution in [0.2, 0.25) is 0 Å². The van der Waals surface area contributed by atoms with E-state index in [4.69, 9.17) is 0 Å². The number of alkyl halides is 2. The van der Waals surface area contributed by atoms with E-state index < -0.39 is 23.7 Å². The Morgan fingerprint density at radius 1 is 1.31 bits per heavy atom. The van der Waals surface area contributed by atoms with Crippen LogP contribution in [0.4, 0.5) is 8.78 Å². The summed E-state index contributed by atoms with van der Waals surface area (Å²) in [4.78, 5) is 11.3. The molecular weight excluding hydrogens is 174 g/mol. The number of carbonyl (C=O) groups is 1. The standard InChI is InChI=1S/C10H14F2O/c1-5-3-4-7-8(10(5,11)12)6(2)9(7)13/h5-8H,3-4H2,1-2H3. The van der Waals surface area contributed by atoms with Crippen molar-refractivity contribution in [3.63, 3.8) is 0 Å². The summed E-state index contributed by atoms with van der Waals surface area (Å²) in [5.74, 6) is -4.52. The Morgan fingerprint density at radius 3 is 2.54 bits per heavy atom. The summed E-state index contributed by atoms with van der Waals surface area (Å²) >= 11 is 0. The second-order valence-corrected chi connectivity index (χ2v) is 4.48. The largest absolute Gasteiger partial charge is 0.299 e. The van der Waals surface area contributed by atoms with Crippen molar-refractivity contribution in [3.8, 4) is 0 Å². The van der Waals surface area contributed by atoms with Gasteiger partial charge >= 0.3 is 0 Å². The molecule has 0 heterocycles. The lowest BCUT2D eigenvalue weighted by atomic mass is 9.54. The molecule has 3 heteroatoms. The fourth-order valence-electron chi connectivity index (χ4n) is 2.80. The van der Waals surface area contributed by atoms with Gasteiger partial charge in [0.15, 0.2) is 0 Å². The number of Topliss-reactive ketones (excluding diaryl/α,β-unsaturated/α-hetero) is 1. The lowest BCUT2D eigenvalue weighted by Crippen LogP contribution is -2.59. The van der Waals surface area contributed by atoms with E-state index in [0.717, 1.165) is 0 Å². The molecule has 2 aliphatic rings. The maximum Gasteiger partial charge on any atom is 0.254 e. The second kappa shape index (κ2) is 2.52. The first-order valence-electron chi connectivity index (χ1n) is 4.87. The van der Waals surface area contributed by atoms with Gasteiger partial charge in [-0.25, -0.2) is 8.78 Å². The lowest BCUT2D eigenvalue weighted by molar-refractivity contribution is -0.202. The van der Waals surface area contributed by atoms with Crippen molar-refractivity contribution in [1.82, 2.24) is 0 Å². The van der Waals surface area contributed by atoms with Crippen molar-refractivity contribution in [2.45, 2.75) is 32.6 Å². The minimum absolute atomic E-state index is 0.0524. The van der Waals surface area contributed by atoms with Crippen LogP contribution in [0.15, 0.2) is 0 Å². The molecule has 0 radical (unpaired) electrons. The zero-order chi connectivity index (χ0) is 9.80. The molecule has 0 bridgehead atoms. The zero-order valence-corrected chi connectivity index (χ0v) is 7.89. The number of ketones is 1. The molecule has 2 saturated carbocycles. The van der Waals surface area contributed by atoms with E-state index in [1.807, 2.05) is 0 Å². The van der Waals surface area contributed by atoms with Gasteiger partial charge in [-0.3, -0.25) is 4.79 Å². The number of carbonyl (C=O) groups excluding carboxylic acids is 1. The number of fused-ring (bicyclic) bond motifs is 1. The minimum atomic E-state index is -2.61. The molecule has 0 aromatic heterocycles. The third-order valence-electron chi connectivity index (χ3n) is 3.80. The molecule has 0 aromatic carbocycles. The Kier molecular flexibility index (Phi) is 1.76. The van der Waals surface area contributed by atoms with Crippen LogP contribution in [0, 0.1) is 23.7 Å². The quantitative estimate of drug-likeness (QED) is 0.570. The van der Waals surface area contributed by atoms with Crippen LogP contribution in [-0.2, 0) is 4.79 Å². The number of halogens is 2. The highest BCUT2D eigenvalue weighted by molar-refractivity contribution is 5.90. The van der Waals surface area contributed by atoms with Gasteiger partial charge in [0, 0.05) is 23.7 Å². The van der Waals surface area contributed by atoms with Crippen LogP contribution in [-0.4, -0.2) is 11.7 Å². The molecule has 0 aliphatic heterocycles. The average molecular weight is 188 g/mol. The van der Waals surface area contributed by atoms with E-state index in [9.17, 15) is 13.6 Å². The molecule has 4 unspecified atom stereocenters. The molecular formula is C10H14F2O. The van der Waals surface area contributed by atoms with E-state index >= 15 is 0 Å². The van der Waals surface area contributed by atoms with Crippen LogP contribution >= 0.6 is 0 Å². The highest BCUT2D eigenvalue weighted by Gasteiger charge is 2.63. The normalized spacial score (nSPS) is 48.2. The first-order chi connectivity index (χ1) is 5.96. The number of hydrogen-bond acceptors (Lipinski definition) is 1. The fourth-order valence-corrected chi connectivity index (χ4v) is 2.80. The summed E-state index contributed by atoms with van der Waals surface area (Å²) in [5, 5.41) is 0. The fraction of sp³-hybridized carbons (Fsp3) is 0.900. The first kappa shape index (κ1) is 9.10. The van der Waals surface area contributed by atoms with Gasteiger partial charge in [0.05, 0.1) is 0 Å². The third-order valence-corrected chi connectivity index (χ3v) is 3.80. The first-order valence-corrected chi connectivity index (χ1v) is 4.87. The predicted molar refractivity (Wildman–Crippen MR) is 44.5 cm³/mol. The van der Waals surface area contributed by atoms with Crippen molar-refractivity contribution in [1.29, 1.82) is 0 Å². The molecule has 1 nitrogen and oxygen atoms in total. The summed E-state index contributed by atoms with van der Waals surface area (Å²) in [5.41, 5.74) is 0. The maximum atomic E-state index is 13.6. The van der Waals surface area contributed by atoms with Crippen LogP contribution < -0.4 is 0 Å². The molecule has 4 atom stereocenters. The maximum absolute atomic E-state index is 13.6. The topological polar surface area (TPSA) is 17.1 Å². The molecule has 2 rings (SSSR count). The Hall–Kier alpha value is -0.470. The highest BCUT2D eigenvalue weighted by Crippen LogP contribution is 2.55. The summed E-state index contributed by atoms with van der Waals surface area (Å²) in [7, 11) is 0. The van der Waals surface area contributed by atoms with E-state index in [-0.39, 0.29) is 11.7 Å². The van der Waals surface area contributed by atoms with Crippen molar-refractivity contribution in [2.24, 2.45) is 23.7 Å². The monoisotopic (exact) mass is 188 g/mol. The van der Waals surface area contributed by atoms with Crippen molar-refractivity contribution in [3.05, 3.63) is 0 Å². The van der Waals surface area contributed by atoms with Crippen molar-refractivity contribution < 1.29 is 13.6 Å². The van der Waals surface area contributed by atoms with Gasteiger partial charge in [-0.1, -0.05) is 13.8 Å². The molecule has 0 aromatic rings. The molecule has 0 saturated heterocycles. The van der Waals surface area contributed by atoms with E-state index in [1.165, 1.54) is 0 Å². The number of rotatable bonds is 0. The van der Waals surface area contributed by atoms with Crippen LogP contribution in [0.25, 0.3) is 0 Å². The van der Waals surface area contributed by atoms with E-state index in [1.54, 1.807) is 13.8 Å². The lowest BCUT2D eigenvalue weighted by Gasteiger charge is -2.51. The Bertz CT molecular complexity index is 249. The molecule has 0 spiro atoms. The van der Waals surface area contributed by atoms with Crippen LogP contribution in [0.5, 0.6) is 0 Å². The molecule has 0 N–H and O–H groups in total. The highest BCUT2D eigenvalue weighted by atomic mass is 19.3. The van der Waals surface area contributed by atoms with Gasteiger partial charge in [-0.15, -0.1) is 0 Å². The summed E-state index contributed by atoms with van der Waals surface area (Å²) < 4.78 is 27.1. The zero-order valence-electron chi connectivity index (χ0n) is 7.89. The van der Waals surface area contributed by atoms with Crippen molar-refractivity contribution in [2.75, 3.05) is 0 Å². The van der Waals surface area contributed by atoms with E-state index in [2.05, 4.69) is 0 Å². The average Bonchev–Trinajstić information content (AvgIpc) is 2.08. The van der Waals surface area contributed by atoms with Gasteiger partial charge in [-0.05, 0) is 12.8 Å². The van der Waals surface area contributed by atoms with E-state index in [0.29, 0.717) is 12.8 Å². The molecule has 2 fully saturated rings. The second-order valence-electron chi connectivity index (χ2n) is 4.48. The summed E-state index contributed by atoms with van der Waals surface area (Å²) in [6.07, 6.45) is 1.16. The van der Waals surface area contributed by atoms with Crippen LogP contribution in [0.1, 0.15) is 26.7 Å². The Labute approximate surface area is 76.5 Å². The van der Waals surface area contributed by atoms with Gasteiger partial charge < -0.3 is 0 Å². The van der Waals surface area contributed by atoms with Gasteiger partial charge in [0.2, 0.25) is 0 Å². The summed E-state index contributed by atoms with van der Waals surface area (Å²) in [6.45, 7) is 3.22. The molecule has 0 amide bonds. The third kappa shape index (κ3) is 0.990. The predicted octanol–water partition coefficient (Wildman–Crippen LogP) is 2.50. The molecule has 74 valence electrons. The smallest absolute Gasteiger partial charge is 0.254 e. The van der Waals surface area contributed by atoms with Gasteiger partial charge in [0.1, 0.15) is 5.78 Å².